The number of para-hydroxylation sites is 1. The van der Waals surface area contributed by atoms with E-state index < -0.39 is 0 Å². The summed E-state index contributed by atoms with van der Waals surface area (Å²) < 4.78 is 1.83. The van der Waals surface area contributed by atoms with Crippen molar-refractivity contribution in [1.82, 2.24) is 19.7 Å². The van der Waals surface area contributed by atoms with Gasteiger partial charge in [-0.15, -0.1) is 0 Å². The zero-order valence-electron chi connectivity index (χ0n) is 14.5. The number of nitrogens with zero attached hydrogens (tertiary/aromatic N) is 3. The van der Waals surface area contributed by atoms with Crippen LogP contribution in [0.15, 0.2) is 41.5 Å². The molecule has 0 atom stereocenters. The van der Waals surface area contributed by atoms with Crippen molar-refractivity contribution >= 4 is 10.9 Å². The predicted octanol–water partition coefficient (Wildman–Crippen LogP) is 2.63. The molecule has 0 fully saturated rings. The Morgan fingerprint density at radius 1 is 1.33 bits per heavy atom. The molecule has 5 heteroatoms. The molecule has 0 unspecified atom stereocenters. The highest BCUT2D eigenvalue weighted by atomic mass is 16.1. The lowest BCUT2D eigenvalue weighted by molar-refractivity contribution is 0.321. The molecule has 0 radical (unpaired) electrons. The smallest absolute Gasteiger partial charge is 0.252 e. The molecule has 0 aliphatic carbocycles. The molecule has 0 saturated carbocycles. The number of nitrogens with one attached hydrogen (secondary N) is 1. The molecule has 24 heavy (non-hydrogen) atoms. The van der Waals surface area contributed by atoms with Crippen LogP contribution in [0.3, 0.4) is 0 Å². The lowest BCUT2D eigenvalue weighted by Crippen LogP contribution is -2.24. The highest BCUT2D eigenvalue weighted by molar-refractivity contribution is 5.81. The zero-order valence-corrected chi connectivity index (χ0v) is 14.5. The largest absolute Gasteiger partial charge is 0.321 e. The van der Waals surface area contributed by atoms with Crippen LogP contribution in [0.4, 0.5) is 0 Å². The predicted molar refractivity (Wildman–Crippen MR) is 97.2 cm³/mol. The van der Waals surface area contributed by atoms with E-state index in [0.29, 0.717) is 6.54 Å². The van der Waals surface area contributed by atoms with Gasteiger partial charge in [0, 0.05) is 25.4 Å². The maximum absolute atomic E-state index is 12.3. The second-order valence-electron chi connectivity index (χ2n) is 6.53. The summed E-state index contributed by atoms with van der Waals surface area (Å²) in [7, 11) is 3.99. The fourth-order valence-electron chi connectivity index (χ4n) is 3.07. The number of aryl methyl sites for hydroxylation is 3. The fourth-order valence-corrected chi connectivity index (χ4v) is 3.07. The molecule has 1 aromatic carbocycles. The number of hydrogen-bond acceptors (Lipinski definition) is 3. The van der Waals surface area contributed by atoms with Crippen molar-refractivity contribution < 1.29 is 0 Å². The number of fused-ring (bicyclic) bond motifs is 1. The van der Waals surface area contributed by atoms with E-state index in [-0.39, 0.29) is 5.56 Å². The SMILES string of the molecule is Cc1cccc2cc(CN(C)CCCc3cnn(C)c3)c(=O)[nH]c12. The molecule has 0 amide bonds. The van der Waals surface area contributed by atoms with Gasteiger partial charge in [0.15, 0.2) is 0 Å². The fraction of sp³-hybridized carbons (Fsp3) is 0.368. The van der Waals surface area contributed by atoms with Crippen molar-refractivity contribution in [1.29, 1.82) is 0 Å². The number of hydrogen-bond donors (Lipinski definition) is 1. The van der Waals surface area contributed by atoms with Gasteiger partial charge in [-0.05, 0) is 55.9 Å². The van der Waals surface area contributed by atoms with Crippen LogP contribution >= 0.6 is 0 Å². The number of rotatable bonds is 6. The molecule has 1 N–H and O–H groups in total. The Bertz CT molecular complexity index is 894. The lowest BCUT2D eigenvalue weighted by atomic mass is 10.1. The molecule has 0 bridgehead atoms. The molecule has 3 rings (SSSR count). The first-order chi connectivity index (χ1) is 11.5. The Balaban J connectivity index is 1.63. The topological polar surface area (TPSA) is 53.9 Å². The molecule has 0 saturated heterocycles. The highest BCUT2D eigenvalue weighted by Gasteiger charge is 2.08. The van der Waals surface area contributed by atoms with E-state index in [9.17, 15) is 4.79 Å². The second-order valence-corrected chi connectivity index (χ2v) is 6.53. The minimum absolute atomic E-state index is 0.0101. The van der Waals surface area contributed by atoms with E-state index in [2.05, 4.69) is 28.2 Å². The summed E-state index contributed by atoms with van der Waals surface area (Å²) in [5, 5.41) is 5.28. The summed E-state index contributed by atoms with van der Waals surface area (Å²) >= 11 is 0. The first-order valence-electron chi connectivity index (χ1n) is 8.30. The van der Waals surface area contributed by atoms with E-state index in [4.69, 9.17) is 0 Å². The quantitative estimate of drug-likeness (QED) is 0.758. The molecular weight excluding hydrogens is 300 g/mol. The Labute approximate surface area is 141 Å². The van der Waals surface area contributed by atoms with Crippen LogP contribution in [0.1, 0.15) is 23.1 Å². The molecule has 3 aromatic rings. The summed E-state index contributed by atoms with van der Waals surface area (Å²) in [6.07, 6.45) is 6.02. The molecule has 0 spiro atoms. The Kier molecular flexibility index (Phi) is 4.81. The molecule has 2 aromatic heterocycles. The van der Waals surface area contributed by atoms with Crippen molar-refractivity contribution in [3.05, 3.63) is 63.7 Å². The number of benzene rings is 1. The van der Waals surface area contributed by atoms with Crippen LogP contribution in [-0.4, -0.2) is 33.3 Å². The molecule has 126 valence electrons. The van der Waals surface area contributed by atoms with E-state index in [0.717, 1.165) is 41.4 Å². The third-order valence-electron chi connectivity index (χ3n) is 4.37. The average molecular weight is 324 g/mol. The summed E-state index contributed by atoms with van der Waals surface area (Å²) in [6.45, 7) is 3.62. The van der Waals surface area contributed by atoms with Gasteiger partial charge < -0.3 is 9.88 Å². The summed E-state index contributed by atoms with van der Waals surface area (Å²) in [5.74, 6) is 0. The summed E-state index contributed by atoms with van der Waals surface area (Å²) in [6, 6.07) is 8.10. The number of H-pyrrole nitrogens is 1. The monoisotopic (exact) mass is 324 g/mol. The maximum Gasteiger partial charge on any atom is 0.252 e. The van der Waals surface area contributed by atoms with E-state index in [1.807, 2.05) is 49.1 Å². The van der Waals surface area contributed by atoms with E-state index in [1.165, 1.54) is 5.56 Å². The standard InChI is InChI=1S/C19H24N4O/c1-14-6-4-8-16-10-17(19(24)21-18(14)16)13-22(2)9-5-7-15-11-20-23(3)12-15/h4,6,8,10-12H,5,7,9,13H2,1-3H3,(H,21,24). The highest BCUT2D eigenvalue weighted by Crippen LogP contribution is 2.15. The van der Waals surface area contributed by atoms with Gasteiger partial charge in [-0.3, -0.25) is 9.48 Å². The van der Waals surface area contributed by atoms with Crippen LogP contribution in [0.2, 0.25) is 0 Å². The lowest BCUT2D eigenvalue weighted by Gasteiger charge is -2.16. The summed E-state index contributed by atoms with van der Waals surface area (Å²) in [5.41, 5.74) is 4.12. The van der Waals surface area contributed by atoms with Crippen LogP contribution in [0, 0.1) is 6.92 Å². The normalized spacial score (nSPS) is 11.5. The molecule has 5 nitrogen and oxygen atoms in total. The zero-order chi connectivity index (χ0) is 17.1. The molecule has 0 aliphatic rings. The van der Waals surface area contributed by atoms with E-state index >= 15 is 0 Å². The molecule has 2 heterocycles. The second kappa shape index (κ2) is 7.01. The van der Waals surface area contributed by atoms with Crippen molar-refractivity contribution in [3.8, 4) is 0 Å². The van der Waals surface area contributed by atoms with Crippen LogP contribution in [0.5, 0.6) is 0 Å². The number of pyridine rings is 1. The third kappa shape index (κ3) is 3.74. The first kappa shape index (κ1) is 16.5. The van der Waals surface area contributed by atoms with Crippen molar-refractivity contribution in [2.24, 2.45) is 7.05 Å². The minimum Gasteiger partial charge on any atom is -0.321 e. The Hall–Kier alpha value is -2.40. The van der Waals surface area contributed by atoms with Gasteiger partial charge >= 0.3 is 0 Å². The number of aromatic nitrogens is 3. The maximum atomic E-state index is 12.3. The third-order valence-corrected chi connectivity index (χ3v) is 4.37. The van der Waals surface area contributed by atoms with Gasteiger partial charge in [0.2, 0.25) is 0 Å². The van der Waals surface area contributed by atoms with Gasteiger partial charge in [-0.2, -0.15) is 5.10 Å². The van der Waals surface area contributed by atoms with Crippen LogP contribution in [-0.2, 0) is 20.0 Å². The molecular formula is C19H24N4O. The van der Waals surface area contributed by atoms with Gasteiger partial charge in [0.1, 0.15) is 0 Å². The van der Waals surface area contributed by atoms with Crippen molar-refractivity contribution in [2.45, 2.75) is 26.3 Å². The van der Waals surface area contributed by atoms with Gasteiger partial charge in [-0.25, -0.2) is 0 Å². The Morgan fingerprint density at radius 2 is 2.17 bits per heavy atom. The number of aromatic amines is 1. The summed E-state index contributed by atoms with van der Waals surface area (Å²) in [4.78, 5) is 17.5. The van der Waals surface area contributed by atoms with Crippen LogP contribution < -0.4 is 5.56 Å². The van der Waals surface area contributed by atoms with Gasteiger partial charge in [0.25, 0.3) is 5.56 Å². The van der Waals surface area contributed by atoms with Gasteiger partial charge in [0.05, 0.1) is 11.7 Å². The van der Waals surface area contributed by atoms with Crippen LogP contribution in [0.25, 0.3) is 10.9 Å². The van der Waals surface area contributed by atoms with Crippen molar-refractivity contribution in [3.63, 3.8) is 0 Å². The minimum atomic E-state index is 0.0101. The van der Waals surface area contributed by atoms with Crippen molar-refractivity contribution in [2.75, 3.05) is 13.6 Å². The molecule has 0 aliphatic heterocycles. The van der Waals surface area contributed by atoms with E-state index in [1.54, 1.807) is 0 Å². The average Bonchev–Trinajstić information content (AvgIpc) is 2.95. The van der Waals surface area contributed by atoms with Gasteiger partial charge in [-0.1, -0.05) is 18.2 Å². The first-order valence-corrected chi connectivity index (χ1v) is 8.30. The Morgan fingerprint density at radius 3 is 2.92 bits per heavy atom.